The number of nitrogens with one attached hydrogen (secondary N) is 1. The second kappa shape index (κ2) is 6.41. The Hall–Kier alpha value is -1.65. The average Bonchev–Trinajstić information content (AvgIpc) is 2.79. The number of nitrogens with zero attached hydrogens (tertiary/aromatic N) is 1. The molecule has 1 unspecified atom stereocenters. The van der Waals surface area contributed by atoms with E-state index in [1.165, 1.54) is 0 Å². The summed E-state index contributed by atoms with van der Waals surface area (Å²) in [5.74, 6) is -0.188. The maximum absolute atomic E-state index is 12.3. The van der Waals surface area contributed by atoms with Crippen LogP contribution in [0.1, 0.15) is 35.9 Å². The van der Waals surface area contributed by atoms with Crippen LogP contribution in [0.5, 0.6) is 0 Å². The van der Waals surface area contributed by atoms with Gasteiger partial charge in [-0.15, -0.1) is 0 Å². The van der Waals surface area contributed by atoms with Gasteiger partial charge in [0.1, 0.15) is 5.69 Å². The number of amides is 1. The van der Waals surface area contributed by atoms with E-state index in [0.717, 1.165) is 5.56 Å². The van der Waals surface area contributed by atoms with Gasteiger partial charge in [0, 0.05) is 22.8 Å². The van der Waals surface area contributed by atoms with Gasteiger partial charge in [0.25, 0.3) is 5.91 Å². The van der Waals surface area contributed by atoms with Crippen LogP contribution in [0.4, 0.5) is 5.69 Å². The summed E-state index contributed by atoms with van der Waals surface area (Å²) < 4.78 is 1.81. The molecule has 2 aromatic rings. The number of rotatable bonds is 4. The Balaban J connectivity index is 2.18. The van der Waals surface area contributed by atoms with Gasteiger partial charge in [-0.3, -0.25) is 4.79 Å². The Labute approximate surface area is 133 Å². The lowest BCUT2D eigenvalue weighted by atomic mass is 10.1. The monoisotopic (exact) mass is 325 g/mol. The SMILES string of the molecule is CCn1cc(N)cc1C(=O)NC(C)c1ccc(Cl)cc1Cl. The first-order chi connectivity index (χ1) is 9.92. The van der Waals surface area contributed by atoms with Crippen molar-refractivity contribution < 1.29 is 4.79 Å². The number of nitrogen functional groups attached to an aromatic ring is 1. The molecule has 1 atom stereocenters. The van der Waals surface area contributed by atoms with E-state index in [-0.39, 0.29) is 11.9 Å². The number of carbonyl (C=O) groups is 1. The van der Waals surface area contributed by atoms with Gasteiger partial charge in [0.05, 0.1) is 11.7 Å². The van der Waals surface area contributed by atoms with Crippen LogP contribution in [0, 0.1) is 0 Å². The van der Waals surface area contributed by atoms with Crippen molar-refractivity contribution in [1.29, 1.82) is 0 Å². The molecule has 0 spiro atoms. The molecule has 21 heavy (non-hydrogen) atoms. The molecule has 1 heterocycles. The lowest BCUT2D eigenvalue weighted by molar-refractivity contribution is 0.0930. The van der Waals surface area contributed by atoms with E-state index >= 15 is 0 Å². The maximum Gasteiger partial charge on any atom is 0.268 e. The minimum atomic E-state index is -0.233. The molecule has 1 aromatic carbocycles. The number of anilines is 1. The van der Waals surface area contributed by atoms with Crippen molar-refractivity contribution in [2.45, 2.75) is 26.4 Å². The van der Waals surface area contributed by atoms with Gasteiger partial charge in [-0.25, -0.2) is 0 Å². The van der Waals surface area contributed by atoms with Gasteiger partial charge < -0.3 is 15.6 Å². The third-order valence-corrected chi connectivity index (χ3v) is 3.83. The highest BCUT2D eigenvalue weighted by Crippen LogP contribution is 2.26. The fourth-order valence-corrected chi connectivity index (χ4v) is 2.76. The third-order valence-electron chi connectivity index (χ3n) is 3.27. The number of benzene rings is 1. The van der Waals surface area contributed by atoms with E-state index in [1.807, 2.05) is 19.9 Å². The minimum absolute atomic E-state index is 0.188. The Kier molecular flexibility index (Phi) is 4.80. The first-order valence-corrected chi connectivity index (χ1v) is 7.39. The molecule has 0 radical (unpaired) electrons. The summed E-state index contributed by atoms with van der Waals surface area (Å²) in [6, 6.07) is 6.65. The summed E-state index contributed by atoms with van der Waals surface area (Å²) in [6.07, 6.45) is 1.74. The Morgan fingerprint density at radius 2 is 2.10 bits per heavy atom. The predicted octanol–water partition coefficient (Wildman–Crippen LogP) is 3.89. The summed E-state index contributed by atoms with van der Waals surface area (Å²) in [5.41, 5.74) is 7.66. The highest BCUT2D eigenvalue weighted by molar-refractivity contribution is 6.35. The Morgan fingerprint density at radius 1 is 1.38 bits per heavy atom. The van der Waals surface area contributed by atoms with Crippen molar-refractivity contribution in [2.75, 3.05) is 5.73 Å². The van der Waals surface area contributed by atoms with Crippen LogP contribution in [0.15, 0.2) is 30.5 Å². The standard InChI is InChI=1S/C15H17Cl2N3O/c1-3-20-8-11(18)7-14(20)15(21)19-9(2)12-5-4-10(16)6-13(12)17/h4-9H,3,18H2,1-2H3,(H,19,21). The van der Waals surface area contributed by atoms with E-state index < -0.39 is 0 Å². The summed E-state index contributed by atoms with van der Waals surface area (Å²) in [4.78, 5) is 12.3. The number of hydrogen-bond acceptors (Lipinski definition) is 2. The van der Waals surface area contributed by atoms with Crippen LogP contribution in [-0.2, 0) is 6.54 Å². The molecule has 0 aliphatic heterocycles. The molecule has 0 aliphatic rings. The Morgan fingerprint density at radius 3 is 2.71 bits per heavy atom. The van der Waals surface area contributed by atoms with Crippen molar-refractivity contribution in [1.82, 2.24) is 9.88 Å². The molecule has 112 valence electrons. The van der Waals surface area contributed by atoms with Gasteiger partial charge in [-0.1, -0.05) is 29.3 Å². The Bertz CT molecular complexity index is 667. The zero-order valence-corrected chi connectivity index (χ0v) is 13.4. The van der Waals surface area contributed by atoms with Gasteiger partial charge in [-0.2, -0.15) is 0 Å². The molecule has 0 saturated heterocycles. The fourth-order valence-electron chi connectivity index (χ4n) is 2.19. The summed E-state index contributed by atoms with van der Waals surface area (Å²) in [5, 5.41) is 4.01. The van der Waals surface area contributed by atoms with Crippen molar-refractivity contribution in [3.05, 3.63) is 51.8 Å². The molecule has 3 N–H and O–H groups in total. The summed E-state index contributed by atoms with van der Waals surface area (Å²) >= 11 is 12.0. The van der Waals surface area contributed by atoms with Crippen LogP contribution < -0.4 is 11.1 Å². The number of hydrogen-bond donors (Lipinski definition) is 2. The molecule has 2 rings (SSSR count). The topological polar surface area (TPSA) is 60.0 Å². The number of halogens is 2. The number of carbonyl (C=O) groups excluding carboxylic acids is 1. The lowest BCUT2D eigenvalue weighted by Crippen LogP contribution is -2.28. The molecular weight excluding hydrogens is 309 g/mol. The molecular formula is C15H17Cl2N3O. The molecule has 0 saturated carbocycles. The largest absolute Gasteiger partial charge is 0.397 e. The molecule has 1 amide bonds. The maximum atomic E-state index is 12.3. The quantitative estimate of drug-likeness (QED) is 0.895. The number of aryl methyl sites for hydroxylation is 1. The molecule has 1 aromatic heterocycles. The number of nitrogens with two attached hydrogens (primary N) is 1. The van der Waals surface area contributed by atoms with Gasteiger partial charge >= 0.3 is 0 Å². The molecule has 0 aliphatic carbocycles. The van der Waals surface area contributed by atoms with Gasteiger partial charge in [0.2, 0.25) is 0 Å². The third kappa shape index (κ3) is 3.52. The van der Waals surface area contributed by atoms with Crippen LogP contribution in [0.2, 0.25) is 10.0 Å². The fraction of sp³-hybridized carbons (Fsp3) is 0.267. The zero-order chi connectivity index (χ0) is 15.6. The first kappa shape index (κ1) is 15.7. The first-order valence-electron chi connectivity index (χ1n) is 6.63. The highest BCUT2D eigenvalue weighted by Gasteiger charge is 2.17. The molecule has 6 heteroatoms. The summed E-state index contributed by atoms with van der Waals surface area (Å²) in [7, 11) is 0. The highest BCUT2D eigenvalue weighted by atomic mass is 35.5. The van der Waals surface area contributed by atoms with Gasteiger partial charge in [-0.05, 0) is 37.6 Å². The van der Waals surface area contributed by atoms with Crippen LogP contribution in [0.25, 0.3) is 0 Å². The normalized spacial score (nSPS) is 12.2. The second-order valence-corrected chi connectivity index (χ2v) is 5.65. The average molecular weight is 326 g/mol. The van der Waals surface area contributed by atoms with Crippen molar-refractivity contribution in [3.63, 3.8) is 0 Å². The lowest BCUT2D eigenvalue weighted by Gasteiger charge is -2.16. The minimum Gasteiger partial charge on any atom is -0.397 e. The van der Waals surface area contributed by atoms with E-state index in [0.29, 0.717) is 28.0 Å². The number of aromatic nitrogens is 1. The molecule has 4 nitrogen and oxygen atoms in total. The molecule has 0 bridgehead atoms. The van der Waals surface area contributed by atoms with Gasteiger partial charge in [0.15, 0.2) is 0 Å². The predicted molar refractivity (Wildman–Crippen MR) is 86.9 cm³/mol. The van der Waals surface area contributed by atoms with E-state index in [1.54, 1.807) is 29.0 Å². The van der Waals surface area contributed by atoms with Crippen molar-refractivity contribution >= 4 is 34.8 Å². The second-order valence-electron chi connectivity index (χ2n) is 4.81. The summed E-state index contributed by atoms with van der Waals surface area (Å²) in [6.45, 7) is 4.50. The van der Waals surface area contributed by atoms with Crippen LogP contribution >= 0.6 is 23.2 Å². The van der Waals surface area contributed by atoms with E-state index in [9.17, 15) is 4.79 Å². The van der Waals surface area contributed by atoms with E-state index in [4.69, 9.17) is 28.9 Å². The van der Waals surface area contributed by atoms with Crippen molar-refractivity contribution in [2.24, 2.45) is 0 Å². The molecule has 0 fully saturated rings. The van der Waals surface area contributed by atoms with Crippen LogP contribution in [-0.4, -0.2) is 10.5 Å². The van der Waals surface area contributed by atoms with E-state index in [2.05, 4.69) is 5.32 Å². The van der Waals surface area contributed by atoms with Crippen LogP contribution in [0.3, 0.4) is 0 Å². The van der Waals surface area contributed by atoms with Crippen molar-refractivity contribution in [3.8, 4) is 0 Å². The zero-order valence-electron chi connectivity index (χ0n) is 11.9. The smallest absolute Gasteiger partial charge is 0.268 e.